The second-order valence-corrected chi connectivity index (χ2v) is 7.12. The number of hydrogen-bond donors (Lipinski definition) is 0. The summed E-state index contributed by atoms with van der Waals surface area (Å²) in [7, 11) is 0. The summed E-state index contributed by atoms with van der Waals surface area (Å²) in [5, 5.41) is 14.1. The number of nitriles is 1. The Morgan fingerprint density at radius 2 is 1.62 bits per heavy atom. The van der Waals surface area contributed by atoms with Crippen molar-refractivity contribution in [3.05, 3.63) is 47.5 Å². The van der Waals surface area contributed by atoms with Crippen LogP contribution in [0, 0.1) is 46.8 Å². The van der Waals surface area contributed by atoms with E-state index in [2.05, 4.69) is 23.3 Å². The molecule has 2 amide bonds. The SMILES string of the molecule is N#Cc1ccc(/C=N\N2C(=O)[C@@H]3[C@H]4C=C[C@@H]([C@@H]5C[C@@H]45)[C@H]3C2=O)cc1. The van der Waals surface area contributed by atoms with Gasteiger partial charge in [-0.3, -0.25) is 9.59 Å². The zero-order valence-electron chi connectivity index (χ0n) is 12.9. The van der Waals surface area contributed by atoms with Gasteiger partial charge in [-0.15, -0.1) is 0 Å². The number of rotatable bonds is 2. The molecule has 24 heavy (non-hydrogen) atoms. The van der Waals surface area contributed by atoms with Crippen molar-refractivity contribution >= 4 is 18.0 Å². The highest BCUT2D eigenvalue weighted by Gasteiger charge is 2.67. The molecule has 1 aliphatic heterocycles. The molecular formula is C19H15N3O2. The molecule has 0 spiro atoms. The number of hydrogen-bond acceptors (Lipinski definition) is 4. The molecular weight excluding hydrogens is 302 g/mol. The Kier molecular flexibility index (Phi) is 2.64. The molecule has 1 aromatic rings. The third kappa shape index (κ3) is 1.71. The lowest BCUT2D eigenvalue weighted by molar-refractivity contribution is -0.140. The fourth-order valence-corrected chi connectivity index (χ4v) is 4.82. The van der Waals surface area contributed by atoms with Crippen LogP contribution >= 0.6 is 0 Å². The van der Waals surface area contributed by atoms with Gasteiger partial charge in [-0.05, 0) is 47.8 Å². The summed E-state index contributed by atoms with van der Waals surface area (Å²) in [6.45, 7) is 0. The van der Waals surface area contributed by atoms with Gasteiger partial charge in [0.2, 0.25) is 0 Å². The highest BCUT2D eigenvalue weighted by molar-refractivity contribution is 6.06. The van der Waals surface area contributed by atoms with Crippen LogP contribution in [0.1, 0.15) is 17.5 Å². The Morgan fingerprint density at radius 3 is 2.17 bits per heavy atom. The summed E-state index contributed by atoms with van der Waals surface area (Å²) in [6.07, 6.45) is 6.98. The fourth-order valence-electron chi connectivity index (χ4n) is 4.82. The maximum Gasteiger partial charge on any atom is 0.254 e. The van der Waals surface area contributed by atoms with Crippen LogP contribution in [-0.4, -0.2) is 23.0 Å². The third-order valence-electron chi connectivity index (χ3n) is 6.00. The largest absolute Gasteiger partial charge is 0.272 e. The molecule has 2 saturated carbocycles. The normalized spacial score (nSPS) is 38.4. The molecule has 0 aromatic heterocycles. The predicted octanol–water partition coefficient (Wildman–Crippen LogP) is 1.95. The molecule has 118 valence electrons. The molecule has 0 unspecified atom stereocenters. The van der Waals surface area contributed by atoms with Crippen molar-refractivity contribution in [2.45, 2.75) is 6.42 Å². The molecule has 5 aliphatic rings. The van der Waals surface area contributed by atoms with E-state index in [1.807, 2.05) is 0 Å². The minimum Gasteiger partial charge on any atom is -0.272 e. The van der Waals surface area contributed by atoms with E-state index in [1.54, 1.807) is 24.3 Å². The van der Waals surface area contributed by atoms with Crippen LogP contribution in [0.2, 0.25) is 0 Å². The topological polar surface area (TPSA) is 73.5 Å². The van der Waals surface area contributed by atoms with Gasteiger partial charge in [0.15, 0.2) is 0 Å². The van der Waals surface area contributed by atoms with Gasteiger partial charge in [-0.1, -0.05) is 24.3 Å². The Labute approximate surface area is 139 Å². The number of hydrazone groups is 1. The Bertz CT molecular complexity index is 812. The summed E-state index contributed by atoms with van der Waals surface area (Å²) in [4.78, 5) is 25.5. The van der Waals surface area contributed by atoms with E-state index >= 15 is 0 Å². The number of carbonyl (C=O) groups is 2. The van der Waals surface area contributed by atoms with Crippen LogP contribution in [0.15, 0.2) is 41.5 Å². The van der Waals surface area contributed by atoms with Gasteiger partial charge in [-0.2, -0.15) is 15.4 Å². The van der Waals surface area contributed by atoms with Crippen molar-refractivity contribution in [2.75, 3.05) is 0 Å². The molecule has 6 rings (SSSR count). The molecule has 5 nitrogen and oxygen atoms in total. The summed E-state index contributed by atoms with van der Waals surface area (Å²) in [5.41, 5.74) is 1.32. The lowest BCUT2D eigenvalue weighted by Crippen LogP contribution is -2.40. The maximum atomic E-state index is 12.7. The van der Waals surface area contributed by atoms with Gasteiger partial charge >= 0.3 is 0 Å². The minimum atomic E-state index is -0.214. The van der Waals surface area contributed by atoms with Gasteiger partial charge in [0.05, 0.1) is 29.7 Å². The van der Waals surface area contributed by atoms with Gasteiger partial charge < -0.3 is 0 Å². The minimum absolute atomic E-state index is 0.153. The molecule has 3 fully saturated rings. The van der Waals surface area contributed by atoms with Crippen molar-refractivity contribution in [1.29, 1.82) is 5.26 Å². The lowest BCUT2D eigenvalue weighted by Gasteiger charge is -2.37. The second-order valence-electron chi connectivity index (χ2n) is 7.12. The van der Waals surface area contributed by atoms with Crippen LogP contribution in [0.5, 0.6) is 0 Å². The van der Waals surface area contributed by atoms with Crippen molar-refractivity contribution < 1.29 is 9.59 Å². The van der Waals surface area contributed by atoms with Gasteiger partial charge in [0.1, 0.15) is 0 Å². The first kappa shape index (κ1) is 13.7. The van der Waals surface area contributed by atoms with E-state index in [0.29, 0.717) is 17.4 Å². The number of benzene rings is 1. The zero-order chi connectivity index (χ0) is 16.4. The molecule has 6 atom stereocenters. The first-order valence-corrected chi connectivity index (χ1v) is 8.29. The van der Waals surface area contributed by atoms with E-state index in [-0.39, 0.29) is 35.5 Å². The fraction of sp³-hybridized carbons (Fsp3) is 0.368. The molecule has 1 saturated heterocycles. The number of carbonyl (C=O) groups excluding carboxylic acids is 2. The van der Waals surface area contributed by atoms with Crippen LogP contribution in [0.4, 0.5) is 0 Å². The summed E-state index contributed by atoms with van der Waals surface area (Å²) in [6, 6.07) is 8.93. The Morgan fingerprint density at radius 1 is 1.04 bits per heavy atom. The standard InChI is InChI=1S/C19H15N3O2/c20-8-10-1-3-11(4-2-10)9-21-22-18(23)16-12-5-6-13(15-7-14(12)15)17(16)19(22)24/h1-6,9,12-17H,7H2/b21-9-/t12-,13-,14-,15-,16+,17+/m0/s1. The quantitative estimate of drug-likeness (QED) is 0.475. The molecule has 2 bridgehead atoms. The predicted molar refractivity (Wildman–Crippen MR) is 85.3 cm³/mol. The summed E-state index contributed by atoms with van der Waals surface area (Å²) >= 11 is 0. The monoisotopic (exact) mass is 317 g/mol. The lowest BCUT2D eigenvalue weighted by atomic mass is 9.63. The number of nitrogens with zero attached hydrogens (tertiary/aromatic N) is 3. The molecule has 0 N–H and O–H groups in total. The Hall–Kier alpha value is -2.74. The molecule has 4 aliphatic carbocycles. The van der Waals surface area contributed by atoms with Crippen molar-refractivity contribution in [1.82, 2.24) is 5.01 Å². The van der Waals surface area contributed by atoms with Crippen LogP contribution in [0.3, 0.4) is 0 Å². The van der Waals surface area contributed by atoms with E-state index in [1.165, 1.54) is 6.21 Å². The average Bonchev–Trinajstić information content (AvgIpc) is 3.39. The van der Waals surface area contributed by atoms with Crippen LogP contribution in [0.25, 0.3) is 0 Å². The van der Waals surface area contributed by atoms with Crippen molar-refractivity contribution in [2.24, 2.45) is 40.6 Å². The van der Waals surface area contributed by atoms with Crippen molar-refractivity contribution in [3.8, 4) is 6.07 Å². The first-order valence-electron chi connectivity index (χ1n) is 8.29. The molecule has 5 heteroatoms. The molecule has 0 radical (unpaired) electrons. The van der Waals surface area contributed by atoms with E-state index in [0.717, 1.165) is 17.0 Å². The van der Waals surface area contributed by atoms with Gasteiger partial charge in [0.25, 0.3) is 11.8 Å². The van der Waals surface area contributed by atoms with E-state index in [4.69, 9.17) is 5.26 Å². The van der Waals surface area contributed by atoms with Gasteiger partial charge in [0, 0.05) is 0 Å². The number of imide groups is 1. The molecule has 1 aromatic carbocycles. The Balaban J connectivity index is 1.42. The van der Waals surface area contributed by atoms with E-state index < -0.39 is 0 Å². The second kappa shape index (κ2) is 4.64. The first-order chi connectivity index (χ1) is 11.7. The highest BCUT2D eigenvalue weighted by Crippen LogP contribution is 2.65. The third-order valence-corrected chi connectivity index (χ3v) is 6.00. The maximum absolute atomic E-state index is 12.7. The highest BCUT2D eigenvalue weighted by atomic mass is 16.2. The van der Waals surface area contributed by atoms with E-state index in [9.17, 15) is 9.59 Å². The van der Waals surface area contributed by atoms with Crippen molar-refractivity contribution in [3.63, 3.8) is 0 Å². The number of amides is 2. The molecule has 1 heterocycles. The smallest absolute Gasteiger partial charge is 0.254 e. The summed E-state index contributed by atoms with van der Waals surface area (Å²) < 4.78 is 0. The van der Waals surface area contributed by atoms with Gasteiger partial charge in [-0.25, -0.2) is 0 Å². The zero-order valence-corrected chi connectivity index (χ0v) is 12.9. The average molecular weight is 317 g/mol. The summed E-state index contributed by atoms with van der Waals surface area (Å²) in [5.74, 6) is 0.900. The number of allylic oxidation sites excluding steroid dienone is 2. The van der Waals surface area contributed by atoms with Crippen LogP contribution in [-0.2, 0) is 9.59 Å². The van der Waals surface area contributed by atoms with Crippen LogP contribution < -0.4 is 0 Å².